The minimum Gasteiger partial charge on any atom is -0.386 e. The second-order valence-corrected chi connectivity index (χ2v) is 12.3. The number of β-amino-alcohol motifs (C(OH)–C–C–N with tert-alkyl or cyclic N) is 1. The van der Waals surface area contributed by atoms with Crippen LogP contribution in [-0.4, -0.2) is 49.3 Å². The number of halogens is 4. The van der Waals surface area contributed by atoms with Crippen molar-refractivity contribution in [3.05, 3.63) is 97.9 Å². The molecule has 0 aliphatic carbocycles. The number of nitrogens with zero attached hydrogens (tertiary/aromatic N) is 1. The number of aliphatic hydroxyl groups is 1. The van der Waals surface area contributed by atoms with E-state index in [9.17, 15) is 31.5 Å². The lowest BCUT2D eigenvalue weighted by molar-refractivity contribution is -0.0854. The first-order valence-corrected chi connectivity index (χ1v) is 14.3. The first kappa shape index (κ1) is 27.4. The first-order valence-electron chi connectivity index (χ1n) is 11.3. The van der Waals surface area contributed by atoms with Crippen LogP contribution in [0.2, 0.25) is 0 Å². The number of carbonyl (C=O) groups excluding carboxylic acids is 1. The molecule has 1 heterocycles. The predicted octanol–water partition coefficient (Wildman–Crippen LogP) is 4.49. The number of hydrogen-bond acceptors (Lipinski definition) is 4. The van der Waals surface area contributed by atoms with Crippen LogP contribution in [0.1, 0.15) is 33.5 Å². The zero-order chi connectivity index (χ0) is 27.0. The van der Waals surface area contributed by atoms with E-state index >= 15 is 0 Å². The molecule has 1 aliphatic heterocycles. The number of benzene rings is 3. The third-order valence-corrected chi connectivity index (χ3v) is 7.45. The van der Waals surface area contributed by atoms with Gasteiger partial charge in [-0.1, -0.05) is 18.2 Å². The van der Waals surface area contributed by atoms with Crippen LogP contribution in [-0.2, 0) is 22.9 Å². The fourth-order valence-corrected chi connectivity index (χ4v) is 5.35. The molecule has 37 heavy (non-hydrogen) atoms. The van der Waals surface area contributed by atoms with Gasteiger partial charge in [0, 0.05) is 26.8 Å². The highest BCUT2D eigenvalue weighted by molar-refractivity contribution is 14.1. The first-order chi connectivity index (χ1) is 17.3. The Kier molecular flexibility index (Phi) is 7.86. The minimum absolute atomic E-state index is 0.0105. The summed E-state index contributed by atoms with van der Waals surface area (Å²) in [7, 11) is -3.42. The number of aryl methyl sites for hydroxylation is 1. The van der Waals surface area contributed by atoms with Gasteiger partial charge in [0.25, 0.3) is 5.91 Å². The smallest absolute Gasteiger partial charge is 0.254 e. The Balaban J connectivity index is 1.45. The highest BCUT2D eigenvalue weighted by Gasteiger charge is 2.44. The summed E-state index contributed by atoms with van der Waals surface area (Å²) in [5.41, 5.74) is -0.167. The fraction of sp³-hybridized carbons (Fsp3) is 0.269. The summed E-state index contributed by atoms with van der Waals surface area (Å²) >= 11 is 1.94. The van der Waals surface area contributed by atoms with Crippen molar-refractivity contribution in [1.82, 2.24) is 4.90 Å². The van der Waals surface area contributed by atoms with Crippen molar-refractivity contribution < 1.29 is 31.5 Å². The number of hydrogen-bond donors (Lipinski definition) is 2. The van der Waals surface area contributed by atoms with E-state index in [4.69, 9.17) is 0 Å². The summed E-state index contributed by atoms with van der Waals surface area (Å²) < 4.78 is 69.1. The molecule has 0 aromatic heterocycles. The average Bonchev–Trinajstić information content (AvgIpc) is 2.79. The SMILES string of the molecule is CS(=O)(=O)Nc1cccc(CCC2(O)CN(C(=O)c3ccc(F)c(F)c3Cc3ccc(I)cc3F)C2)c1. The van der Waals surface area contributed by atoms with E-state index in [2.05, 4.69) is 4.72 Å². The quantitative estimate of drug-likeness (QED) is 0.354. The summed E-state index contributed by atoms with van der Waals surface area (Å²) in [6, 6.07) is 13.2. The van der Waals surface area contributed by atoms with Crippen LogP contribution in [0.15, 0.2) is 54.6 Å². The van der Waals surface area contributed by atoms with E-state index in [0.29, 0.717) is 22.1 Å². The number of rotatable bonds is 8. The largest absolute Gasteiger partial charge is 0.386 e. The standard InChI is InChI=1S/C26H24F3IN2O4S/c1-37(35,36)31-19-4-2-3-16(11-19)9-10-26(34)14-32(15-26)25(33)20-7-8-22(27)24(29)21(20)12-17-5-6-18(30)13-23(17)28/h2-8,11,13,31,34H,9-10,12,14-15H2,1H3. The van der Waals surface area contributed by atoms with Crippen molar-refractivity contribution >= 4 is 44.2 Å². The molecule has 196 valence electrons. The van der Waals surface area contributed by atoms with Crippen LogP contribution in [0.5, 0.6) is 0 Å². The van der Waals surface area contributed by atoms with Crippen molar-refractivity contribution in [2.24, 2.45) is 0 Å². The van der Waals surface area contributed by atoms with E-state index < -0.39 is 39.0 Å². The third-order valence-electron chi connectivity index (χ3n) is 6.18. The second kappa shape index (κ2) is 10.6. The van der Waals surface area contributed by atoms with E-state index in [1.54, 1.807) is 30.3 Å². The monoisotopic (exact) mass is 644 g/mol. The lowest BCUT2D eigenvalue weighted by atomic mass is 9.86. The van der Waals surface area contributed by atoms with Gasteiger partial charge in [0.05, 0.1) is 19.3 Å². The molecule has 1 saturated heterocycles. The molecule has 0 unspecified atom stereocenters. The molecular formula is C26H24F3IN2O4S. The molecule has 1 amide bonds. The Bertz CT molecular complexity index is 1460. The number of nitrogens with one attached hydrogen (secondary N) is 1. The maximum Gasteiger partial charge on any atom is 0.254 e. The number of anilines is 1. The van der Waals surface area contributed by atoms with Crippen LogP contribution in [0.25, 0.3) is 0 Å². The number of likely N-dealkylation sites (tertiary alicyclic amines) is 1. The Morgan fingerprint density at radius 2 is 1.81 bits per heavy atom. The minimum atomic E-state index is -3.42. The van der Waals surface area contributed by atoms with E-state index in [-0.39, 0.29) is 36.2 Å². The highest BCUT2D eigenvalue weighted by atomic mass is 127. The van der Waals surface area contributed by atoms with Crippen molar-refractivity contribution in [2.45, 2.75) is 24.9 Å². The number of amides is 1. The summed E-state index contributed by atoms with van der Waals surface area (Å²) in [6.45, 7) is -0.0209. The van der Waals surface area contributed by atoms with Crippen molar-refractivity contribution in [3.63, 3.8) is 0 Å². The van der Waals surface area contributed by atoms with Crippen LogP contribution >= 0.6 is 22.6 Å². The Morgan fingerprint density at radius 3 is 2.49 bits per heavy atom. The van der Waals surface area contributed by atoms with Gasteiger partial charge in [0.1, 0.15) is 11.4 Å². The molecule has 3 aromatic rings. The maximum absolute atomic E-state index is 14.7. The van der Waals surface area contributed by atoms with Gasteiger partial charge in [0.15, 0.2) is 11.6 Å². The maximum atomic E-state index is 14.7. The molecule has 0 radical (unpaired) electrons. The second-order valence-electron chi connectivity index (χ2n) is 9.26. The van der Waals surface area contributed by atoms with Crippen molar-refractivity contribution in [2.75, 3.05) is 24.1 Å². The van der Waals surface area contributed by atoms with Gasteiger partial charge in [0.2, 0.25) is 10.0 Å². The van der Waals surface area contributed by atoms with Crippen LogP contribution < -0.4 is 4.72 Å². The fourth-order valence-electron chi connectivity index (χ4n) is 4.34. The van der Waals surface area contributed by atoms with E-state index in [1.165, 1.54) is 23.1 Å². The molecular weight excluding hydrogens is 620 g/mol. The van der Waals surface area contributed by atoms with Crippen LogP contribution in [0, 0.1) is 21.0 Å². The summed E-state index contributed by atoms with van der Waals surface area (Å²) in [6.07, 6.45) is 1.49. The van der Waals surface area contributed by atoms with Gasteiger partial charge in [-0.05, 0) is 83.0 Å². The lowest BCUT2D eigenvalue weighted by Gasteiger charge is -2.47. The molecule has 0 saturated carbocycles. The van der Waals surface area contributed by atoms with E-state index in [1.807, 2.05) is 22.6 Å². The molecule has 1 fully saturated rings. The molecule has 4 rings (SSSR count). The normalized spacial score (nSPS) is 14.8. The zero-order valence-electron chi connectivity index (χ0n) is 19.8. The van der Waals surface area contributed by atoms with Crippen molar-refractivity contribution in [3.8, 4) is 0 Å². The Hall–Kier alpha value is -2.64. The third kappa shape index (κ3) is 6.63. The van der Waals surface area contributed by atoms with Gasteiger partial charge >= 0.3 is 0 Å². The number of sulfonamides is 1. The number of carbonyl (C=O) groups is 1. The summed E-state index contributed by atoms with van der Waals surface area (Å²) in [5, 5.41) is 10.9. The van der Waals surface area contributed by atoms with Crippen LogP contribution in [0.3, 0.4) is 0 Å². The van der Waals surface area contributed by atoms with Gasteiger partial charge in [-0.3, -0.25) is 9.52 Å². The van der Waals surface area contributed by atoms with Gasteiger partial charge in [-0.25, -0.2) is 21.6 Å². The summed E-state index contributed by atoms with van der Waals surface area (Å²) in [5.74, 6) is -3.50. The molecule has 0 atom stereocenters. The average molecular weight is 644 g/mol. The Morgan fingerprint density at radius 1 is 1.08 bits per heavy atom. The molecule has 11 heteroatoms. The zero-order valence-corrected chi connectivity index (χ0v) is 22.7. The lowest BCUT2D eigenvalue weighted by Crippen LogP contribution is -2.63. The molecule has 0 bridgehead atoms. The topological polar surface area (TPSA) is 86.7 Å². The molecule has 1 aliphatic rings. The predicted molar refractivity (Wildman–Crippen MR) is 142 cm³/mol. The molecule has 2 N–H and O–H groups in total. The highest BCUT2D eigenvalue weighted by Crippen LogP contribution is 2.31. The van der Waals surface area contributed by atoms with Gasteiger partial charge in [-0.2, -0.15) is 0 Å². The van der Waals surface area contributed by atoms with Crippen molar-refractivity contribution in [1.29, 1.82) is 0 Å². The molecule has 3 aromatic carbocycles. The van der Waals surface area contributed by atoms with Gasteiger partial charge < -0.3 is 10.0 Å². The van der Waals surface area contributed by atoms with E-state index in [0.717, 1.165) is 17.9 Å². The Labute approximate surface area is 226 Å². The molecule has 0 spiro atoms. The molecule has 6 nitrogen and oxygen atoms in total. The summed E-state index contributed by atoms with van der Waals surface area (Å²) in [4.78, 5) is 14.5. The van der Waals surface area contributed by atoms with Gasteiger partial charge in [-0.15, -0.1) is 0 Å². The van der Waals surface area contributed by atoms with Crippen LogP contribution in [0.4, 0.5) is 18.9 Å².